The van der Waals surface area contributed by atoms with Crippen LogP contribution in [0.15, 0.2) is 0 Å². The Bertz CT molecular complexity index is 120. The lowest BCUT2D eigenvalue weighted by atomic mass is 10.1. The standard InChI is InChI=1S/C11H26N2O/c1-5-13(9-10-14-4)11(2)7-6-8-12-3/h11-12H,5-10H2,1-4H3. The van der Waals surface area contributed by atoms with Crippen molar-refractivity contribution in [1.82, 2.24) is 10.2 Å². The molecule has 0 aliphatic rings. The zero-order valence-electron chi connectivity index (χ0n) is 10.2. The molecule has 0 heterocycles. The van der Waals surface area contributed by atoms with Crippen molar-refractivity contribution in [3.63, 3.8) is 0 Å². The van der Waals surface area contributed by atoms with Gasteiger partial charge in [0.2, 0.25) is 0 Å². The average Bonchev–Trinajstić information content (AvgIpc) is 2.19. The summed E-state index contributed by atoms with van der Waals surface area (Å²) in [7, 11) is 3.77. The summed E-state index contributed by atoms with van der Waals surface area (Å²) in [4.78, 5) is 2.47. The lowest BCUT2D eigenvalue weighted by molar-refractivity contribution is 0.125. The van der Waals surface area contributed by atoms with E-state index in [1.807, 2.05) is 7.05 Å². The summed E-state index contributed by atoms with van der Waals surface area (Å²) in [6.07, 6.45) is 2.51. The minimum atomic E-state index is 0.670. The largest absolute Gasteiger partial charge is 0.383 e. The molecule has 1 unspecified atom stereocenters. The third-order valence-electron chi connectivity index (χ3n) is 2.66. The third-order valence-corrected chi connectivity index (χ3v) is 2.66. The molecule has 0 aromatic heterocycles. The Balaban J connectivity index is 3.61. The zero-order chi connectivity index (χ0) is 10.8. The molecular weight excluding hydrogens is 176 g/mol. The van der Waals surface area contributed by atoms with Crippen molar-refractivity contribution >= 4 is 0 Å². The van der Waals surface area contributed by atoms with Crippen LogP contribution in [0.25, 0.3) is 0 Å². The highest BCUT2D eigenvalue weighted by molar-refractivity contribution is 4.66. The van der Waals surface area contributed by atoms with Gasteiger partial charge < -0.3 is 10.1 Å². The van der Waals surface area contributed by atoms with Crippen molar-refractivity contribution in [3.8, 4) is 0 Å². The van der Waals surface area contributed by atoms with E-state index in [1.54, 1.807) is 7.11 Å². The van der Waals surface area contributed by atoms with Crippen molar-refractivity contribution < 1.29 is 4.74 Å². The Hall–Kier alpha value is -0.120. The van der Waals surface area contributed by atoms with Gasteiger partial charge in [-0.25, -0.2) is 0 Å². The average molecular weight is 202 g/mol. The van der Waals surface area contributed by atoms with E-state index in [1.165, 1.54) is 12.8 Å². The van der Waals surface area contributed by atoms with E-state index in [0.29, 0.717) is 6.04 Å². The number of methoxy groups -OCH3 is 1. The van der Waals surface area contributed by atoms with Crippen molar-refractivity contribution in [2.24, 2.45) is 0 Å². The number of rotatable bonds is 9. The Morgan fingerprint density at radius 2 is 2.14 bits per heavy atom. The third kappa shape index (κ3) is 6.35. The summed E-state index contributed by atoms with van der Waals surface area (Å²) >= 11 is 0. The lowest BCUT2D eigenvalue weighted by Crippen LogP contribution is -2.35. The van der Waals surface area contributed by atoms with Crippen LogP contribution in [0.4, 0.5) is 0 Å². The minimum absolute atomic E-state index is 0.670. The van der Waals surface area contributed by atoms with E-state index < -0.39 is 0 Å². The number of hydrogen-bond donors (Lipinski definition) is 1. The SMILES string of the molecule is CCN(CCOC)C(C)CCCNC. The van der Waals surface area contributed by atoms with Crippen molar-refractivity contribution in [3.05, 3.63) is 0 Å². The van der Waals surface area contributed by atoms with Gasteiger partial charge in [0.15, 0.2) is 0 Å². The number of hydrogen-bond acceptors (Lipinski definition) is 3. The van der Waals surface area contributed by atoms with Crippen LogP contribution in [-0.4, -0.2) is 51.3 Å². The Morgan fingerprint density at radius 3 is 2.64 bits per heavy atom. The zero-order valence-corrected chi connectivity index (χ0v) is 10.2. The molecule has 0 bridgehead atoms. The molecule has 0 aliphatic heterocycles. The van der Waals surface area contributed by atoms with Crippen LogP contribution in [0.1, 0.15) is 26.7 Å². The molecule has 0 aromatic rings. The quantitative estimate of drug-likeness (QED) is 0.571. The van der Waals surface area contributed by atoms with Gasteiger partial charge in [-0.1, -0.05) is 6.92 Å². The first-order valence-electron chi connectivity index (χ1n) is 5.63. The van der Waals surface area contributed by atoms with E-state index in [9.17, 15) is 0 Å². The predicted octanol–water partition coefficient (Wildman–Crippen LogP) is 1.34. The number of likely N-dealkylation sites (N-methyl/N-ethyl adjacent to an activating group) is 1. The fourth-order valence-electron chi connectivity index (χ4n) is 1.66. The number of ether oxygens (including phenoxy) is 1. The summed E-state index contributed by atoms with van der Waals surface area (Å²) < 4.78 is 5.10. The van der Waals surface area contributed by atoms with Crippen LogP contribution in [0.5, 0.6) is 0 Å². The molecule has 1 atom stereocenters. The maximum atomic E-state index is 5.10. The van der Waals surface area contributed by atoms with E-state index >= 15 is 0 Å². The second-order valence-electron chi connectivity index (χ2n) is 3.72. The summed E-state index contributed by atoms with van der Waals surface area (Å²) in [5.41, 5.74) is 0. The molecule has 1 N–H and O–H groups in total. The maximum Gasteiger partial charge on any atom is 0.0589 e. The highest BCUT2D eigenvalue weighted by atomic mass is 16.5. The summed E-state index contributed by atoms with van der Waals surface area (Å²) in [6.45, 7) is 8.63. The molecule has 0 saturated carbocycles. The lowest BCUT2D eigenvalue weighted by Gasteiger charge is -2.27. The fraction of sp³-hybridized carbons (Fsp3) is 1.00. The van der Waals surface area contributed by atoms with Crippen LogP contribution in [0.2, 0.25) is 0 Å². The van der Waals surface area contributed by atoms with Gasteiger partial charge in [0.05, 0.1) is 6.61 Å². The van der Waals surface area contributed by atoms with E-state index in [2.05, 4.69) is 24.1 Å². The fourth-order valence-corrected chi connectivity index (χ4v) is 1.66. The first-order valence-corrected chi connectivity index (χ1v) is 5.63. The monoisotopic (exact) mass is 202 g/mol. The molecule has 0 rings (SSSR count). The van der Waals surface area contributed by atoms with Gasteiger partial charge in [-0.15, -0.1) is 0 Å². The molecule has 0 aromatic carbocycles. The molecule has 14 heavy (non-hydrogen) atoms. The van der Waals surface area contributed by atoms with E-state index in [-0.39, 0.29) is 0 Å². The first-order chi connectivity index (χ1) is 6.76. The molecule has 0 spiro atoms. The highest BCUT2D eigenvalue weighted by Crippen LogP contribution is 2.05. The minimum Gasteiger partial charge on any atom is -0.383 e. The Kier molecular flexibility index (Phi) is 9.35. The maximum absolute atomic E-state index is 5.10. The molecular formula is C11H26N2O. The normalized spacial score (nSPS) is 13.5. The first kappa shape index (κ1) is 13.9. The van der Waals surface area contributed by atoms with Crippen LogP contribution >= 0.6 is 0 Å². The highest BCUT2D eigenvalue weighted by Gasteiger charge is 2.10. The second kappa shape index (κ2) is 9.44. The topological polar surface area (TPSA) is 24.5 Å². The number of nitrogens with one attached hydrogen (secondary N) is 1. The molecule has 3 nitrogen and oxygen atoms in total. The van der Waals surface area contributed by atoms with Crippen LogP contribution in [0, 0.1) is 0 Å². The smallest absolute Gasteiger partial charge is 0.0589 e. The Labute approximate surface area is 88.8 Å². The van der Waals surface area contributed by atoms with Crippen LogP contribution in [-0.2, 0) is 4.74 Å². The molecule has 0 aliphatic carbocycles. The molecule has 0 radical (unpaired) electrons. The molecule has 0 fully saturated rings. The summed E-state index contributed by atoms with van der Waals surface area (Å²) in [6, 6.07) is 0.670. The van der Waals surface area contributed by atoms with Gasteiger partial charge in [-0.3, -0.25) is 4.90 Å². The second-order valence-corrected chi connectivity index (χ2v) is 3.72. The summed E-state index contributed by atoms with van der Waals surface area (Å²) in [5, 5.41) is 3.18. The van der Waals surface area contributed by atoms with Gasteiger partial charge in [-0.05, 0) is 39.9 Å². The van der Waals surface area contributed by atoms with Gasteiger partial charge in [0.25, 0.3) is 0 Å². The van der Waals surface area contributed by atoms with Crippen molar-refractivity contribution in [2.45, 2.75) is 32.7 Å². The molecule has 3 heteroatoms. The summed E-state index contributed by atoms with van der Waals surface area (Å²) in [5.74, 6) is 0. The van der Waals surface area contributed by atoms with Gasteiger partial charge in [0, 0.05) is 19.7 Å². The van der Waals surface area contributed by atoms with Gasteiger partial charge in [-0.2, -0.15) is 0 Å². The molecule has 86 valence electrons. The predicted molar refractivity (Wildman–Crippen MR) is 61.7 cm³/mol. The molecule has 0 amide bonds. The van der Waals surface area contributed by atoms with Crippen molar-refractivity contribution in [1.29, 1.82) is 0 Å². The van der Waals surface area contributed by atoms with E-state index in [4.69, 9.17) is 4.74 Å². The van der Waals surface area contributed by atoms with Crippen LogP contribution < -0.4 is 5.32 Å². The van der Waals surface area contributed by atoms with E-state index in [0.717, 1.165) is 26.2 Å². The molecule has 0 saturated heterocycles. The van der Waals surface area contributed by atoms with Gasteiger partial charge >= 0.3 is 0 Å². The number of nitrogens with zero attached hydrogens (tertiary/aromatic N) is 1. The van der Waals surface area contributed by atoms with Crippen LogP contribution in [0.3, 0.4) is 0 Å². The Morgan fingerprint density at radius 1 is 1.43 bits per heavy atom. The van der Waals surface area contributed by atoms with Crippen molar-refractivity contribution in [2.75, 3.05) is 40.4 Å². The van der Waals surface area contributed by atoms with Gasteiger partial charge in [0.1, 0.15) is 0 Å².